The fourth-order valence-electron chi connectivity index (χ4n) is 2.16. The van der Waals surface area contributed by atoms with Gasteiger partial charge in [-0.1, -0.05) is 36.4 Å². The summed E-state index contributed by atoms with van der Waals surface area (Å²) in [5.74, 6) is 0.277. The summed E-state index contributed by atoms with van der Waals surface area (Å²) in [6, 6.07) is 9.40. The standard InChI is InChI=1S/C17H21N3O3/c1-6-14(13-10-8-7-9-11-13)20-15(21)19(12(2)18-20)16(22)23-17(3,4)5/h6-11H,1-5H3/b14-6-. The molecule has 1 aromatic carbocycles. The first kappa shape index (κ1) is 16.7. The third kappa shape index (κ3) is 3.59. The van der Waals surface area contributed by atoms with Crippen LogP contribution in [0.15, 0.2) is 41.2 Å². The molecule has 0 aliphatic heterocycles. The van der Waals surface area contributed by atoms with Crippen molar-refractivity contribution in [3.05, 3.63) is 58.3 Å². The SMILES string of the molecule is C/C=C(/c1ccccc1)n1nc(C)n(C(=O)OC(C)(C)C)c1=O. The van der Waals surface area contributed by atoms with Gasteiger partial charge in [0.2, 0.25) is 0 Å². The lowest BCUT2D eigenvalue weighted by Crippen LogP contribution is -2.35. The minimum absolute atomic E-state index is 0.277. The fourth-order valence-corrected chi connectivity index (χ4v) is 2.16. The van der Waals surface area contributed by atoms with E-state index >= 15 is 0 Å². The molecule has 0 unspecified atom stereocenters. The molecular weight excluding hydrogens is 294 g/mol. The zero-order valence-electron chi connectivity index (χ0n) is 14.0. The van der Waals surface area contributed by atoms with Crippen LogP contribution >= 0.6 is 0 Å². The molecule has 0 spiro atoms. The van der Waals surface area contributed by atoms with E-state index in [9.17, 15) is 9.59 Å². The Morgan fingerprint density at radius 2 is 1.83 bits per heavy atom. The van der Waals surface area contributed by atoms with Crippen LogP contribution in [-0.2, 0) is 4.74 Å². The zero-order valence-corrected chi connectivity index (χ0v) is 14.0. The molecule has 0 amide bonds. The monoisotopic (exact) mass is 315 g/mol. The Bertz CT molecular complexity index is 793. The van der Waals surface area contributed by atoms with Gasteiger partial charge in [-0.3, -0.25) is 0 Å². The molecular formula is C17H21N3O3. The molecule has 0 atom stereocenters. The Balaban J connectivity index is 2.50. The van der Waals surface area contributed by atoms with Crippen LogP contribution in [0.2, 0.25) is 0 Å². The Hall–Kier alpha value is -2.63. The van der Waals surface area contributed by atoms with Crippen LogP contribution in [-0.4, -0.2) is 26.0 Å². The molecule has 1 heterocycles. The third-order valence-corrected chi connectivity index (χ3v) is 3.09. The molecule has 0 bridgehead atoms. The number of aryl methyl sites for hydroxylation is 1. The van der Waals surface area contributed by atoms with Gasteiger partial charge in [-0.05, 0) is 34.6 Å². The highest BCUT2D eigenvalue weighted by Crippen LogP contribution is 2.15. The lowest BCUT2D eigenvalue weighted by Gasteiger charge is -2.19. The van der Waals surface area contributed by atoms with E-state index in [0.29, 0.717) is 5.70 Å². The molecule has 0 aliphatic carbocycles. The van der Waals surface area contributed by atoms with Gasteiger partial charge in [0.15, 0.2) is 0 Å². The first-order chi connectivity index (χ1) is 10.7. The van der Waals surface area contributed by atoms with Gasteiger partial charge in [0.25, 0.3) is 0 Å². The van der Waals surface area contributed by atoms with Crippen molar-refractivity contribution in [3.8, 4) is 0 Å². The summed E-state index contributed by atoms with van der Waals surface area (Å²) in [6.45, 7) is 8.65. The van der Waals surface area contributed by atoms with Gasteiger partial charge in [0, 0.05) is 5.56 Å². The van der Waals surface area contributed by atoms with E-state index in [0.717, 1.165) is 10.1 Å². The van der Waals surface area contributed by atoms with Crippen molar-refractivity contribution in [2.24, 2.45) is 0 Å². The maximum atomic E-state index is 12.6. The Kier molecular flexibility index (Phi) is 4.54. The van der Waals surface area contributed by atoms with E-state index in [-0.39, 0.29) is 5.82 Å². The molecule has 6 heteroatoms. The normalized spacial score (nSPS) is 12.3. The maximum Gasteiger partial charge on any atom is 0.424 e. The minimum atomic E-state index is -0.727. The van der Waals surface area contributed by atoms with Gasteiger partial charge in [-0.2, -0.15) is 9.25 Å². The highest BCUT2D eigenvalue weighted by atomic mass is 16.6. The van der Waals surface area contributed by atoms with Gasteiger partial charge in [-0.15, -0.1) is 5.10 Å². The lowest BCUT2D eigenvalue weighted by atomic mass is 10.1. The number of allylic oxidation sites excluding steroid dienone is 1. The summed E-state index contributed by atoms with van der Waals surface area (Å²) in [5.41, 5.74) is 0.217. The number of benzene rings is 1. The van der Waals surface area contributed by atoms with Crippen molar-refractivity contribution in [1.29, 1.82) is 0 Å². The molecule has 0 N–H and O–H groups in total. The molecule has 2 rings (SSSR count). The molecule has 0 saturated carbocycles. The van der Waals surface area contributed by atoms with Crippen molar-refractivity contribution in [3.63, 3.8) is 0 Å². The van der Waals surface area contributed by atoms with Gasteiger partial charge in [0.05, 0.1) is 5.70 Å². The summed E-state index contributed by atoms with van der Waals surface area (Å²) in [7, 11) is 0. The quantitative estimate of drug-likeness (QED) is 0.854. The average molecular weight is 315 g/mol. The number of aromatic nitrogens is 3. The van der Waals surface area contributed by atoms with E-state index in [1.807, 2.05) is 37.3 Å². The van der Waals surface area contributed by atoms with Crippen molar-refractivity contribution in [1.82, 2.24) is 14.3 Å². The zero-order chi connectivity index (χ0) is 17.2. The lowest BCUT2D eigenvalue weighted by molar-refractivity contribution is 0.0527. The molecule has 0 radical (unpaired) electrons. The highest BCUT2D eigenvalue weighted by Gasteiger charge is 2.24. The average Bonchev–Trinajstić information content (AvgIpc) is 2.74. The minimum Gasteiger partial charge on any atom is -0.443 e. The van der Waals surface area contributed by atoms with Crippen LogP contribution in [0.5, 0.6) is 0 Å². The second-order valence-electron chi connectivity index (χ2n) is 6.10. The van der Waals surface area contributed by atoms with E-state index < -0.39 is 17.4 Å². The molecule has 122 valence electrons. The summed E-state index contributed by atoms with van der Waals surface area (Å²) >= 11 is 0. The van der Waals surface area contributed by atoms with Crippen molar-refractivity contribution in [2.45, 2.75) is 40.2 Å². The van der Waals surface area contributed by atoms with Gasteiger partial charge >= 0.3 is 11.8 Å². The second kappa shape index (κ2) is 6.24. The Morgan fingerprint density at radius 3 is 2.35 bits per heavy atom. The number of carbonyl (C=O) groups excluding carboxylic acids is 1. The number of rotatable bonds is 2. The van der Waals surface area contributed by atoms with E-state index in [1.54, 1.807) is 33.8 Å². The first-order valence-corrected chi connectivity index (χ1v) is 7.38. The van der Waals surface area contributed by atoms with Gasteiger partial charge < -0.3 is 4.74 Å². The predicted octanol–water partition coefficient (Wildman–Crippen LogP) is 3.05. The Morgan fingerprint density at radius 1 is 1.22 bits per heavy atom. The summed E-state index contributed by atoms with van der Waals surface area (Å²) in [6.07, 6.45) is 1.05. The van der Waals surface area contributed by atoms with Crippen molar-refractivity contribution < 1.29 is 9.53 Å². The fraction of sp³-hybridized carbons (Fsp3) is 0.353. The third-order valence-electron chi connectivity index (χ3n) is 3.09. The molecule has 2 aromatic rings. The molecule has 0 saturated heterocycles. The van der Waals surface area contributed by atoms with Crippen LogP contribution in [0, 0.1) is 6.92 Å². The van der Waals surface area contributed by atoms with Crippen molar-refractivity contribution >= 4 is 11.8 Å². The van der Waals surface area contributed by atoms with E-state index in [2.05, 4.69) is 5.10 Å². The van der Waals surface area contributed by atoms with Gasteiger partial charge in [-0.25, -0.2) is 9.59 Å². The predicted molar refractivity (Wildman–Crippen MR) is 88.3 cm³/mol. The summed E-state index contributed by atoms with van der Waals surface area (Å²) < 4.78 is 7.43. The summed E-state index contributed by atoms with van der Waals surface area (Å²) in [5, 5.41) is 4.21. The van der Waals surface area contributed by atoms with Crippen LogP contribution < -0.4 is 5.69 Å². The van der Waals surface area contributed by atoms with Crippen LogP contribution in [0.3, 0.4) is 0 Å². The number of hydrogen-bond donors (Lipinski definition) is 0. The Labute approximate surface area is 135 Å². The van der Waals surface area contributed by atoms with Gasteiger partial charge in [0.1, 0.15) is 11.4 Å². The maximum absolute atomic E-state index is 12.6. The number of nitrogens with zero attached hydrogens (tertiary/aromatic N) is 3. The van der Waals surface area contributed by atoms with Crippen LogP contribution in [0.4, 0.5) is 4.79 Å². The first-order valence-electron chi connectivity index (χ1n) is 7.38. The van der Waals surface area contributed by atoms with E-state index in [4.69, 9.17) is 4.74 Å². The van der Waals surface area contributed by atoms with E-state index in [1.165, 1.54) is 4.68 Å². The topological polar surface area (TPSA) is 66.1 Å². The number of ether oxygens (including phenoxy) is 1. The largest absolute Gasteiger partial charge is 0.443 e. The second-order valence-corrected chi connectivity index (χ2v) is 6.10. The molecule has 23 heavy (non-hydrogen) atoms. The van der Waals surface area contributed by atoms with Crippen LogP contribution in [0.1, 0.15) is 39.1 Å². The molecule has 0 aliphatic rings. The number of hydrogen-bond acceptors (Lipinski definition) is 4. The molecule has 0 fully saturated rings. The molecule has 6 nitrogen and oxygen atoms in total. The van der Waals surface area contributed by atoms with Crippen molar-refractivity contribution in [2.75, 3.05) is 0 Å². The summed E-state index contributed by atoms with van der Waals surface area (Å²) in [4.78, 5) is 24.8. The van der Waals surface area contributed by atoms with Crippen LogP contribution in [0.25, 0.3) is 5.70 Å². The smallest absolute Gasteiger partial charge is 0.424 e. The highest BCUT2D eigenvalue weighted by molar-refractivity contribution is 5.72. The number of carbonyl (C=O) groups is 1. The molecule has 1 aromatic heterocycles.